The first-order chi connectivity index (χ1) is 7.88. The van der Waals surface area contributed by atoms with E-state index in [1.807, 2.05) is 30.3 Å². The molecule has 5 heteroatoms. The van der Waals surface area contributed by atoms with Gasteiger partial charge in [0.15, 0.2) is 6.61 Å². The van der Waals surface area contributed by atoms with Gasteiger partial charge in [-0.05, 0) is 12.1 Å². The average molecular weight is 239 g/mol. The number of rotatable bonds is 5. The summed E-state index contributed by atoms with van der Waals surface area (Å²) in [6, 6.07) is 9.49. The van der Waals surface area contributed by atoms with Gasteiger partial charge in [-0.1, -0.05) is 23.4 Å². The van der Waals surface area contributed by atoms with E-state index in [4.69, 9.17) is 20.9 Å². The summed E-state index contributed by atoms with van der Waals surface area (Å²) >= 11 is 5.56. The highest BCUT2D eigenvalue weighted by Crippen LogP contribution is 2.10. The number of benzene rings is 1. The van der Waals surface area contributed by atoms with Gasteiger partial charge in [0, 0.05) is 12.3 Å². The molecule has 0 radical (unpaired) electrons. The van der Waals surface area contributed by atoms with Crippen LogP contribution >= 0.6 is 11.6 Å². The monoisotopic (exact) mass is 238 g/mol. The summed E-state index contributed by atoms with van der Waals surface area (Å²) in [6.45, 7) is 0.301. The Kier molecular flexibility index (Phi) is 3.77. The third-order valence-corrected chi connectivity index (χ3v) is 2.12. The van der Waals surface area contributed by atoms with Gasteiger partial charge in [-0.2, -0.15) is 4.98 Å². The molecule has 0 atom stereocenters. The molecule has 0 saturated heterocycles. The second-order valence-electron chi connectivity index (χ2n) is 3.15. The van der Waals surface area contributed by atoms with Gasteiger partial charge >= 0.3 is 0 Å². The smallest absolute Gasteiger partial charge is 0.227 e. The highest BCUT2D eigenvalue weighted by molar-refractivity contribution is 6.17. The van der Waals surface area contributed by atoms with E-state index >= 15 is 0 Å². The minimum atomic E-state index is 0.301. The van der Waals surface area contributed by atoms with Gasteiger partial charge in [-0.3, -0.25) is 0 Å². The summed E-state index contributed by atoms with van der Waals surface area (Å²) in [6.07, 6.45) is 0.583. The average Bonchev–Trinajstić information content (AvgIpc) is 2.76. The Bertz CT molecular complexity index is 431. The van der Waals surface area contributed by atoms with Gasteiger partial charge < -0.3 is 9.26 Å². The van der Waals surface area contributed by atoms with Crippen molar-refractivity contribution in [2.24, 2.45) is 0 Å². The van der Waals surface area contributed by atoms with Crippen molar-refractivity contribution in [3.63, 3.8) is 0 Å². The molecule has 2 aromatic rings. The maximum atomic E-state index is 5.56. The standard InChI is InChI=1S/C11H11ClN2O2/c12-7-6-11-13-10(14-16-11)8-15-9-4-2-1-3-5-9/h1-5H,6-8H2. The molecule has 1 heterocycles. The van der Waals surface area contributed by atoms with Crippen LogP contribution in [-0.4, -0.2) is 16.0 Å². The molecule has 0 aliphatic carbocycles. The van der Waals surface area contributed by atoms with Gasteiger partial charge in [0.2, 0.25) is 11.7 Å². The lowest BCUT2D eigenvalue weighted by Crippen LogP contribution is -1.97. The SMILES string of the molecule is ClCCc1nc(COc2ccccc2)no1. The van der Waals surface area contributed by atoms with Crippen molar-refractivity contribution in [2.75, 3.05) is 5.88 Å². The fourth-order valence-corrected chi connectivity index (χ4v) is 1.36. The fraction of sp³-hybridized carbons (Fsp3) is 0.273. The van der Waals surface area contributed by atoms with Crippen molar-refractivity contribution in [2.45, 2.75) is 13.0 Å². The largest absolute Gasteiger partial charge is 0.485 e. The first-order valence-corrected chi connectivity index (χ1v) is 5.47. The lowest BCUT2D eigenvalue weighted by atomic mass is 10.3. The molecular formula is C11H11ClN2O2. The minimum absolute atomic E-state index is 0.301. The van der Waals surface area contributed by atoms with Gasteiger partial charge in [0.05, 0.1) is 0 Å². The molecule has 1 aromatic carbocycles. The summed E-state index contributed by atoms with van der Waals surface area (Å²) in [5.41, 5.74) is 0. The van der Waals surface area contributed by atoms with Crippen LogP contribution in [0.25, 0.3) is 0 Å². The Hall–Kier alpha value is -1.55. The lowest BCUT2D eigenvalue weighted by Gasteiger charge is -2.01. The van der Waals surface area contributed by atoms with Crippen LogP contribution in [0.5, 0.6) is 5.75 Å². The van der Waals surface area contributed by atoms with E-state index in [2.05, 4.69) is 10.1 Å². The van der Waals surface area contributed by atoms with Crippen LogP contribution in [0.4, 0.5) is 0 Å². The molecule has 1 aromatic heterocycles. The molecule has 0 aliphatic rings. The Morgan fingerprint density at radius 3 is 2.81 bits per heavy atom. The molecule has 4 nitrogen and oxygen atoms in total. The molecule has 0 aliphatic heterocycles. The quantitative estimate of drug-likeness (QED) is 0.751. The number of hydrogen-bond acceptors (Lipinski definition) is 4. The van der Waals surface area contributed by atoms with Crippen molar-refractivity contribution >= 4 is 11.6 Å². The summed E-state index contributed by atoms with van der Waals surface area (Å²) in [5, 5.41) is 3.78. The van der Waals surface area contributed by atoms with Gasteiger partial charge in [-0.15, -0.1) is 11.6 Å². The molecule has 0 amide bonds. The van der Waals surface area contributed by atoms with Crippen LogP contribution in [0.3, 0.4) is 0 Å². The van der Waals surface area contributed by atoms with Crippen molar-refractivity contribution in [3.8, 4) is 5.75 Å². The van der Waals surface area contributed by atoms with Crippen LogP contribution in [0.1, 0.15) is 11.7 Å². The molecule has 0 N–H and O–H groups in total. The van der Waals surface area contributed by atoms with Gasteiger partial charge in [-0.25, -0.2) is 0 Å². The second-order valence-corrected chi connectivity index (χ2v) is 3.52. The second kappa shape index (κ2) is 5.51. The summed E-state index contributed by atoms with van der Waals surface area (Å²) in [4.78, 5) is 4.13. The maximum absolute atomic E-state index is 5.56. The fourth-order valence-electron chi connectivity index (χ4n) is 1.20. The normalized spacial score (nSPS) is 10.3. The molecular weight excluding hydrogens is 228 g/mol. The van der Waals surface area contributed by atoms with E-state index in [0.29, 0.717) is 30.6 Å². The number of hydrogen-bond donors (Lipinski definition) is 0. The number of ether oxygens (including phenoxy) is 1. The highest BCUT2D eigenvalue weighted by atomic mass is 35.5. The zero-order valence-electron chi connectivity index (χ0n) is 8.60. The lowest BCUT2D eigenvalue weighted by molar-refractivity contribution is 0.285. The van der Waals surface area contributed by atoms with E-state index < -0.39 is 0 Å². The molecule has 0 bridgehead atoms. The Balaban J connectivity index is 1.89. The summed E-state index contributed by atoms with van der Waals surface area (Å²) in [7, 11) is 0. The van der Waals surface area contributed by atoms with E-state index in [1.54, 1.807) is 0 Å². The summed E-state index contributed by atoms with van der Waals surface area (Å²) in [5.74, 6) is 2.33. The number of nitrogens with zero attached hydrogens (tertiary/aromatic N) is 2. The summed E-state index contributed by atoms with van der Waals surface area (Å²) < 4.78 is 10.4. The number of alkyl halides is 1. The van der Waals surface area contributed by atoms with Crippen molar-refractivity contribution < 1.29 is 9.26 Å². The number of halogens is 1. The first kappa shape index (κ1) is 11.0. The van der Waals surface area contributed by atoms with E-state index in [0.717, 1.165) is 5.75 Å². The van der Waals surface area contributed by atoms with Crippen LogP contribution in [-0.2, 0) is 13.0 Å². The predicted octanol–water partition coefficient (Wildman–Crippen LogP) is 2.43. The topological polar surface area (TPSA) is 48.2 Å². The van der Waals surface area contributed by atoms with E-state index in [-0.39, 0.29) is 0 Å². The maximum Gasteiger partial charge on any atom is 0.227 e. The number of aromatic nitrogens is 2. The van der Waals surface area contributed by atoms with Crippen LogP contribution < -0.4 is 4.74 Å². The number of para-hydroxylation sites is 1. The van der Waals surface area contributed by atoms with E-state index in [1.165, 1.54) is 0 Å². The molecule has 0 fully saturated rings. The Morgan fingerprint density at radius 2 is 2.06 bits per heavy atom. The highest BCUT2D eigenvalue weighted by Gasteiger charge is 2.05. The third-order valence-electron chi connectivity index (χ3n) is 1.93. The zero-order chi connectivity index (χ0) is 11.2. The van der Waals surface area contributed by atoms with Crippen molar-refractivity contribution in [1.82, 2.24) is 10.1 Å². The number of aryl methyl sites for hydroxylation is 1. The molecule has 0 spiro atoms. The minimum Gasteiger partial charge on any atom is -0.485 e. The predicted molar refractivity (Wildman–Crippen MR) is 59.5 cm³/mol. The van der Waals surface area contributed by atoms with Crippen molar-refractivity contribution in [1.29, 1.82) is 0 Å². The van der Waals surface area contributed by atoms with Crippen LogP contribution in [0.2, 0.25) is 0 Å². The molecule has 0 unspecified atom stereocenters. The van der Waals surface area contributed by atoms with Gasteiger partial charge in [0.25, 0.3) is 0 Å². The van der Waals surface area contributed by atoms with Gasteiger partial charge in [0.1, 0.15) is 5.75 Å². The van der Waals surface area contributed by atoms with E-state index in [9.17, 15) is 0 Å². The Morgan fingerprint density at radius 1 is 1.25 bits per heavy atom. The first-order valence-electron chi connectivity index (χ1n) is 4.94. The molecule has 2 rings (SSSR count). The zero-order valence-corrected chi connectivity index (χ0v) is 9.35. The van der Waals surface area contributed by atoms with Crippen LogP contribution in [0.15, 0.2) is 34.9 Å². The Labute approximate surface area is 98.2 Å². The van der Waals surface area contributed by atoms with Crippen molar-refractivity contribution in [3.05, 3.63) is 42.0 Å². The molecule has 84 valence electrons. The molecule has 16 heavy (non-hydrogen) atoms. The van der Waals surface area contributed by atoms with Crippen LogP contribution in [0, 0.1) is 0 Å². The third kappa shape index (κ3) is 2.97. The molecule has 0 saturated carbocycles.